The van der Waals surface area contributed by atoms with E-state index in [-0.39, 0.29) is 11.8 Å². The summed E-state index contributed by atoms with van der Waals surface area (Å²) in [6, 6.07) is 13.5. The summed E-state index contributed by atoms with van der Waals surface area (Å²) in [6.45, 7) is 2.33. The summed E-state index contributed by atoms with van der Waals surface area (Å²) in [6.07, 6.45) is 2.19. The van der Waals surface area contributed by atoms with Gasteiger partial charge in [-0.05, 0) is 53.1 Å². The van der Waals surface area contributed by atoms with E-state index in [1.54, 1.807) is 4.68 Å². The summed E-state index contributed by atoms with van der Waals surface area (Å²) in [5, 5.41) is 14.2. The molecular formula is C18H17N5O2. The van der Waals surface area contributed by atoms with Crippen molar-refractivity contribution in [3.8, 4) is 11.4 Å². The van der Waals surface area contributed by atoms with Crippen molar-refractivity contribution < 1.29 is 9.53 Å². The first-order valence-electron chi connectivity index (χ1n) is 8.06. The van der Waals surface area contributed by atoms with E-state index in [0.29, 0.717) is 13.0 Å². The zero-order valence-electron chi connectivity index (χ0n) is 13.7. The second-order valence-corrected chi connectivity index (χ2v) is 6.06. The molecule has 25 heavy (non-hydrogen) atoms. The summed E-state index contributed by atoms with van der Waals surface area (Å²) in [5.74, 6) is 0.598. The number of hydrogen-bond acceptors (Lipinski definition) is 5. The Morgan fingerprint density at radius 2 is 2.16 bits per heavy atom. The highest BCUT2D eigenvalue weighted by Gasteiger charge is 2.26. The van der Waals surface area contributed by atoms with Gasteiger partial charge in [0.15, 0.2) is 0 Å². The van der Waals surface area contributed by atoms with Crippen molar-refractivity contribution in [2.75, 3.05) is 11.9 Å². The van der Waals surface area contributed by atoms with Crippen LogP contribution in [0.4, 0.5) is 5.69 Å². The van der Waals surface area contributed by atoms with Gasteiger partial charge in [-0.2, -0.15) is 0 Å². The van der Waals surface area contributed by atoms with Crippen molar-refractivity contribution in [1.29, 1.82) is 0 Å². The fourth-order valence-electron chi connectivity index (χ4n) is 2.90. The third-order valence-electron chi connectivity index (χ3n) is 4.34. The maximum absolute atomic E-state index is 12.7. The predicted octanol–water partition coefficient (Wildman–Crippen LogP) is 2.16. The van der Waals surface area contributed by atoms with Crippen LogP contribution in [0.1, 0.15) is 11.1 Å². The molecule has 1 aromatic heterocycles. The Hall–Kier alpha value is -3.22. The van der Waals surface area contributed by atoms with Gasteiger partial charge >= 0.3 is 0 Å². The summed E-state index contributed by atoms with van der Waals surface area (Å²) in [7, 11) is 0. The lowest BCUT2D eigenvalue weighted by Crippen LogP contribution is -2.32. The summed E-state index contributed by atoms with van der Waals surface area (Å²) in [5.41, 5.74) is 3.57. The molecule has 0 saturated carbocycles. The molecule has 1 N–H and O–H groups in total. The molecule has 1 aliphatic rings. The molecule has 0 bridgehead atoms. The highest BCUT2D eigenvalue weighted by atomic mass is 16.5. The number of anilines is 1. The molecule has 0 fully saturated rings. The highest BCUT2D eigenvalue weighted by molar-refractivity contribution is 5.94. The van der Waals surface area contributed by atoms with Crippen molar-refractivity contribution in [3.05, 3.63) is 59.9 Å². The molecule has 4 rings (SSSR count). The Morgan fingerprint density at radius 3 is 3.00 bits per heavy atom. The number of nitrogens with zero attached hydrogens (tertiary/aromatic N) is 4. The van der Waals surface area contributed by atoms with Crippen molar-refractivity contribution in [1.82, 2.24) is 20.2 Å². The van der Waals surface area contributed by atoms with E-state index in [4.69, 9.17) is 4.74 Å². The molecule has 7 nitrogen and oxygen atoms in total. The zero-order valence-corrected chi connectivity index (χ0v) is 13.7. The summed E-state index contributed by atoms with van der Waals surface area (Å²) in [4.78, 5) is 12.7. The fourth-order valence-corrected chi connectivity index (χ4v) is 2.90. The van der Waals surface area contributed by atoms with E-state index < -0.39 is 0 Å². The molecule has 1 aliphatic heterocycles. The zero-order chi connectivity index (χ0) is 17.2. The monoisotopic (exact) mass is 335 g/mol. The van der Waals surface area contributed by atoms with Crippen LogP contribution < -0.4 is 10.1 Å². The number of carbonyl (C=O) groups is 1. The van der Waals surface area contributed by atoms with E-state index in [9.17, 15) is 4.79 Å². The summed E-state index contributed by atoms with van der Waals surface area (Å²) < 4.78 is 7.27. The lowest BCUT2D eigenvalue weighted by atomic mass is 9.96. The minimum absolute atomic E-state index is 0.0496. The molecule has 126 valence electrons. The Morgan fingerprint density at radius 1 is 1.28 bits per heavy atom. The minimum Gasteiger partial charge on any atom is -0.492 e. The third kappa shape index (κ3) is 3.08. The van der Waals surface area contributed by atoms with E-state index in [1.807, 2.05) is 49.4 Å². The normalized spacial score (nSPS) is 16.0. The van der Waals surface area contributed by atoms with Gasteiger partial charge in [-0.3, -0.25) is 4.79 Å². The molecule has 1 amide bonds. The molecule has 0 saturated heterocycles. The number of aromatic nitrogens is 4. The average Bonchev–Trinajstić information content (AvgIpc) is 3.18. The number of nitrogens with one attached hydrogen (secondary N) is 1. The van der Waals surface area contributed by atoms with E-state index in [1.165, 1.54) is 6.33 Å². The number of amides is 1. The number of aryl methyl sites for hydroxylation is 1. The van der Waals surface area contributed by atoms with Crippen LogP contribution in [0, 0.1) is 12.8 Å². The van der Waals surface area contributed by atoms with Crippen molar-refractivity contribution in [2.45, 2.75) is 13.3 Å². The van der Waals surface area contributed by atoms with Crippen LogP contribution in [-0.4, -0.2) is 32.7 Å². The Kier molecular flexibility index (Phi) is 3.89. The first kappa shape index (κ1) is 15.3. The number of tetrazole rings is 1. The molecule has 3 aromatic rings. The van der Waals surface area contributed by atoms with Gasteiger partial charge in [0.2, 0.25) is 5.91 Å². The van der Waals surface area contributed by atoms with Crippen molar-refractivity contribution in [3.63, 3.8) is 0 Å². The van der Waals surface area contributed by atoms with Crippen LogP contribution in [0.2, 0.25) is 0 Å². The standard InChI is InChI=1S/C18H17N5O2/c1-12-6-7-15(23-11-19-21-22-23)9-16(12)20-18(24)14-8-13-4-2-3-5-17(13)25-10-14/h2-7,9,11,14H,8,10H2,1H3,(H,20,24). The second kappa shape index (κ2) is 6.35. The Labute approximate surface area is 144 Å². The van der Waals surface area contributed by atoms with Crippen LogP contribution in [0.3, 0.4) is 0 Å². The smallest absolute Gasteiger partial charge is 0.231 e. The maximum atomic E-state index is 12.7. The lowest BCUT2D eigenvalue weighted by molar-refractivity contribution is -0.121. The van der Waals surface area contributed by atoms with Crippen molar-refractivity contribution in [2.24, 2.45) is 5.92 Å². The summed E-state index contributed by atoms with van der Waals surface area (Å²) >= 11 is 0. The van der Waals surface area contributed by atoms with Gasteiger partial charge in [0.1, 0.15) is 18.7 Å². The largest absolute Gasteiger partial charge is 0.492 e. The van der Waals surface area contributed by atoms with Gasteiger partial charge in [-0.1, -0.05) is 24.3 Å². The Balaban J connectivity index is 1.52. The highest BCUT2D eigenvalue weighted by Crippen LogP contribution is 2.28. The second-order valence-electron chi connectivity index (χ2n) is 6.06. The first-order chi connectivity index (χ1) is 12.2. The number of carbonyl (C=O) groups excluding carboxylic acids is 1. The van der Waals surface area contributed by atoms with Gasteiger partial charge in [-0.25, -0.2) is 4.68 Å². The Bertz CT molecular complexity index is 908. The molecule has 2 heterocycles. The van der Waals surface area contributed by atoms with E-state index in [2.05, 4.69) is 20.8 Å². The number of benzene rings is 2. The van der Waals surface area contributed by atoms with E-state index in [0.717, 1.165) is 28.3 Å². The molecule has 0 spiro atoms. The van der Waals surface area contributed by atoms with Gasteiger partial charge < -0.3 is 10.1 Å². The fraction of sp³-hybridized carbons (Fsp3) is 0.222. The molecule has 0 radical (unpaired) electrons. The van der Waals surface area contributed by atoms with Crippen LogP contribution in [0.25, 0.3) is 5.69 Å². The van der Waals surface area contributed by atoms with Crippen molar-refractivity contribution >= 4 is 11.6 Å². The third-order valence-corrected chi connectivity index (χ3v) is 4.34. The van der Waals surface area contributed by atoms with Crippen LogP contribution >= 0.6 is 0 Å². The predicted molar refractivity (Wildman–Crippen MR) is 91.7 cm³/mol. The quantitative estimate of drug-likeness (QED) is 0.793. The van der Waals surface area contributed by atoms with Crippen LogP contribution in [0.15, 0.2) is 48.8 Å². The first-order valence-corrected chi connectivity index (χ1v) is 8.06. The van der Waals surface area contributed by atoms with Gasteiger partial charge in [-0.15, -0.1) is 5.10 Å². The van der Waals surface area contributed by atoms with Gasteiger partial charge in [0, 0.05) is 5.69 Å². The lowest BCUT2D eigenvalue weighted by Gasteiger charge is -2.24. The molecule has 1 atom stereocenters. The number of hydrogen-bond donors (Lipinski definition) is 1. The average molecular weight is 335 g/mol. The van der Waals surface area contributed by atoms with Gasteiger partial charge in [0.05, 0.1) is 11.6 Å². The number of ether oxygens (including phenoxy) is 1. The molecule has 0 aliphatic carbocycles. The molecule has 1 unspecified atom stereocenters. The SMILES string of the molecule is Cc1ccc(-n2cnnn2)cc1NC(=O)C1COc2ccccc2C1. The van der Waals surface area contributed by atoms with E-state index >= 15 is 0 Å². The number of rotatable bonds is 3. The van der Waals surface area contributed by atoms with Crippen LogP contribution in [-0.2, 0) is 11.2 Å². The minimum atomic E-state index is -0.217. The number of fused-ring (bicyclic) bond motifs is 1. The van der Waals surface area contributed by atoms with Crippen LogP contribution in [0.5, 0.6) is 5.75 Å². The number of para-hydroxylation sites is 1. The molecule has 7 heteroatoms. The van der Waals surface area contributed by atoms with Gasteiger partial charge in [0.25, 0.3) is 0 Å². The molecule has 2 aromatic carbocycles. The maximum Gasteiger partial charge on any atom is 0.231 e. The topological polar surface area (TPSA) is 81.9 Å². The molecular weight excluding hydrogens is 318 g/mol.